The Hall–Kier alpha value is -1.61. The monoisotopic (exact) mass is 259 g/mol. The van der Waals surface area contributed by atoms with Gasteiger partial charge in [-0.2, -0.15) is 0 Å². The fourth-order valence-electron chi connectivity index (χ4n) is 1.95. The van der Waals surface area contributed by atoms with Crippen molar-refractivity contribution in [3.05, 3.63) is 51.7 Å². The van der Waals surface area contributed by atoms with E-state index in [-0.39, 0.29) is 5.78 Å². The van der Waals surface area contributed by atoms with Crippen molar-refractivity contribution < 1.29 is 4.79 Å². The van der Waals surface area contributed by atoms with E-state index in [1.807, 2.05) is 49.2 Å². The molecule has 94 valence electrons. The molecule has 2 nitrogen and oxygen atoms in total. The van der Waals surface area contributed by atoms with Gasteiger partial charge in [-0.25, -0.2) is 0 Å². The highest BCUT2D eigenvalue weighted by molar-refractivity contribution is 7.14. The highest BCUT2D eigenvalue weighted by atomic mass is 32.1. The number of carbonyl (C=O) groups excluding carboxylic acids is 1. The summed E-state index contributed by atoms with van der Waals surface area (Å²) < 4.78 is 0. The van der Waals surface area contributed by atoms with Gasteiger partial charge in [0.1, 0.15) is 0 Å². The molecule has 0 aliphatic carbocycles. The first-order valence-corrected chi connectivity index (χ1v) is 6.76. The Kier molecular flexibility index (Phi) is 3.82. The Morgan fingerprint density at radius 3 is 2.50 bits per heavy atom. The van der Waals surface area contributed by atoms with Crippen molar-refractivity contribution in [1.29, 1.82) is 0 Å². The second-order valence-electron chi connectivity index (χ2n) is 4.48. The number of thiophene rings is 1. The van der Waals surface area contributed by atoms with Crippen molar-refractivity contribution >= 4 is 22.8 Å². The van der Waals surface area contributed by atoms with Crippen LogP contribution in [0.2, 0.25) is 0 Å². The number of Topliss-reactive ketones (excluding diaryl/α,β-unsaturated/α-hetero) is 1. The minimum Gasteiger partial charge on any atom is -0.367 e. The number of benzene rings is 1. The number of aryl methyl sites for hydroxylation is 2. The zero-order chi connectivity index (χ0) is 13.1. The number of ketones is 1. The molecule has 3 heteroatoms. The van der Waals surface area contributed by atoms with Gasteiger partial charge in [-0.1, -0.05) is 18.2 Å². The molecule has 0 amide bonds. The topological polar surface area (TPSA) is 20.3 Å². The maximum atomic E-state index is 12.1. The molecular weight excluding hydrogens is 242 g/mol. The average molecular weight is 259 g/mol. The van der Waals surface area contributed by atoms with Crippen LogP contribution in [0, 0.1) is 13.8 Å². The third kappa shape index (κ3) is 2.79. The molecule has 0 N–H and O–H groups in total. The van der Waals surface area contributed by atoms with Crippen molar-refractivity contribution in [2.45, 2.75) is 13.8 Å². The molecule has 1 aromatic heterocycles. The van der Waals surface area contributed by atoms with Crippen molar-refractivity contribution in [3.63, 3.8) is 0 Å². The third-order valence-corrected chi connectivity index (χ3v) is 3.96. The molecule has 0 aliphatic heterocycles. The van der Waals surface area contributed by atoms with E-state index in [1.54, 1.807) is 11.3 Å². The van der Waals surface area contributed by atoms with Crippen LogP contribution in [-0.2, 0) is 0 Å². The molecule has 0 aliphatic rings. The van der Waals surface area contributed by atoms with Crippen molar-refractivity contribution in [1.82, 2.24) is 0 Å². The maximum Gasteiger partial charge on any atom is 0.191 e. The van der Waals surface area contributed by atoms with E-state index in [2.05, 4.69) is 13.0 Å². The smallest absolute Gasteiger partial charge is 0.191 e. The minimum absolute atomic E-state index is 0.179. The quantitative estimate of drug-likeness (QED) is 0.781. The van der Waals surface area contributed by atoms with Gasteiger partial charge in [-0.3, -0.25) is 4.79 Å². The Morgan fingerprint density at radius 2 is 1.89 bits per heavy atom. The van der Waals surface area contributed by atoms with E-state index >= 15 is 0 Å². The lowest BCUT2D eigenvalue weighted by molar-refractivity contribution is 0.100. The molecule has 18 heavy (non-hydrogen) atoms. The number of anilines is 1. The minimum atomic E-state index is 0.179. The lowest BCUT2D eigenvalue weighted by Gasteiger charge is -2.20. The van der Waals surface area contributed by atoms with E-state index in [9.17, 15) is 4.79 Å². The molecule has 2 rings (SSSR count). The molecule has 0 saturated carbocycles. The van der Waals surface area contributed by atoms with Crippen LogP contribution in [-0.4, -0.2) is 19.4 Å². The van der Waals surface area contributed by atoms with Crippen molar-refractivity contribution in [2.24, 2.45) is 0 Å². The zero-order valence-electron chi connectivity index (χ0n) is 10.9. The molecule has 0 radical (unpaired) electrons. The highest BCUT2D eigenvalue weighted by Crippen LogP contribution is 2.20. The van der Waals surface area contributed by atoms with Crippen molar-refractivity contribution in [3.8, 4) is 0 Å². The lowest BCUT2D eigenvalue weighted by Crippen LogP contribution is -2.25. The third-order valence-electron chi connectivity index (χ3n) is 2.92. The molecule has 2 aromatic rings. The van der Waals surface area contributed by atoms with Crippen LogP contribution in [0.1, 0.15) is 20.1 Å². The molecule has 0 bridgehead atoms. The predicted molar refractivity (Wildman–Crippen MR) is 77.8 cm³/mol. The number of para-hydroxylation sites is 1. The Morgan fingerprint density at radius 1 is 1.17 bits per heavy atom. The molecular formula is C15H17NOS. The molecule has 0 spiro atoms. The van der Waals surface area contributed by atoms with E-state index in [1.165, 1.54) is 10.4 Å². The molecule has 0 atom stereocenters. The number of nitrogens with zero attached hydrogens (tertiary/aromatic N) is 1. The average Bonchev–Trinajstić information content (AvgIpc) is 2.76. The summed E-state index contributed by atoms with van der Waals surface area (Å²) in [6.45, 7) is 4.50. The second kappa shape index (κ2) is 5.36. The van der Waals surface area contributed by atoms with Crippen LogP contribution in [0.5, 0.6) is 0 Å². The van der Waals surface area contributed by atoms with Gasteiger partial charge in [0.15, 0.2) is 5.78 Å². The predicted octanol–water partition coefficient (Wildman–Crippen LogP) is 3.68. The summed E-state index contributed by atoms with van der Waals surface area (Å²) >= 11 is 1.56. The lowest BCUT2D eigenvalue weighted by atomic mass is 10.2. The van der Waals surface area contributed by atoms with E-state index < -0.39 is 0 Å². The summed E-state index contributed by atoms with van der Waals surface area (Å²) in [5, 5.41) is 0. The first-order chi connectivity index (χ1) is 8.58. The van der Waals surface area contributed by atoms with Gasteiger partial charge in [0.25, 0.3) is 0 Å². The Bertz CT molecular complexity index is 559. The van der Waals surface area contributed by atoms with Gasteiger partial charge in [0.05, 0.1) is 11.4 Å². The van der Waals surface area contributed by atoms with Gasteiger partial charge >= 0.3 is 0 Å². The van der Waals surface area contributed by atoms with Crippen LogP contribution in [0.3, 0.4) is 0 Å². The number of rotatable bonds is 4. The molecule has 0 saturated heterocycles. The van der Waals surface area contributed by atoms with Gasteiger partial charge in [0, 0.05) is 17.6 Å². The molecule has 1 heterocycles. The summed E-state index contributed by atoms with van der Waals surface area (Å²) in [6, 6.07) is 12.0. The van der Waals surface area contributed by atoms with Crippen LogP contribution in [0.4, 0.5) is 5.69 Å². The SMILES string of the molecule is Cc1ccc(C(=O)CN(C)c2ccccc2C)s1. The van der Waals surface area contributed by atoms with Gasteiger partial charge in [-0.05, 0) is 37.6 Å². The normalized spacial score (nSPS) is 10.4. The summed E-state index contributed by atoms with van der Waals surface area (Å²) in [4.78, 5) is 16.1. The standard InChI is InChI=1S/C15H17NOS/c1-11-6-4-5-7-13(11)16(3)10-14(17)15-9-8-12(2)18-15/h4-9H,10H2,1-3H3. The largest absolute Gasteiger partial charge is 0.367 e. The molecule has 1 aromatic carbocycles. The van der Waals surface area contributed by atoms with Crippen LogP contribution in [0.15, 0.2) is 36.4 Å². The molecule has 0 unspecified atom stereocenters. The van der Waals surface area contributed by atoms with E-state index in [4.69, 9.17) is 0 Å². The van der Waals surface area contributed by atoms with Gasteiger partial charge in [0.2, 0.25) is 0 Å². The second-order valence-corrected chi connectivity index (χ2v) is 5.76. The highest BCUT2D eigenvalue weighted by Gasteiger charge is 2.12. The summed E-state index contributed by atoms with van der Waals surface area (Å²) in [7, 11) is 1.96. The number of likely N-dealkylation sites (N-methyl/N-ethyl adjacent to an activating group) is 1. The first kappa shape index (κ1) is 12.8. The number of hydrogen-bond acceptors (Lipinski definition) is 3. The van der Waals surface area contributed by atoms with Gasteiger partial charge in [-0.15, -0.1) is 11.3 Å². The summed E-state index contributed by atoms with van der Waals surface area (Å²) in [6.07, 6.45) is 0. The van der Waals surface area contributed by atoms with Gasteiger partial charge < -0.3 is 4.90 Å². The Labute approximate surface area is 112 Å². The summed E-state index contributed by atoms with van der Waals surface area (Å²) in [5.74, 6) is 0.179. The first-order valence-electron chi connectivity index (χ1n) is 5.94. The fourth-order valence-corrected chi connectivity index (χ4v) is 2.75. The van der Waals surface area contributed by atoms with Crippen molar-refractivity contribution in [2.75, 3.05) is 18.5 Å². The van der Waals surface area contributed by atoms with E-state index in [0.717, 1.165) is 10.6 Å². The Balaban J connectivity index is 2.10. The zero-order valence-corrected chi connectivity index (χ0v) is 11.8. The van der Waals surface area contributed by atoms with Crippen LogP contribution >= 0.6 is 11.3 Å². The van der Waals surface area contributed by atoms with Crippen LogP contribution in [0.25, 0.3) is 0 Å². The number of carbonyl (C=O) groups is 1. The maximum absolute atomic E-state index is 12.1. The summed E-state index contributed by atoms with van der Waals surface area (Å²) in [5.41, 5.74) is 2.30. The fraction of sp³-hybridized carbons (Fsp3) is 0.267. The van der Waals surface area contributed by atoms with Crippen LogP contribution < -0.4 is 4.90 Å². The van der Waals surface area contributed by atoms with E-state index in [0.29, 0.717) is 6.54 Å². The number of hydrogen-bond donors (Lipinski definition) is 0. The molecule has 0 fully saturated rings.